The molecule has 1 aromatic carbocycles. The summed E-state index contributed by atoms with van der Waals surface area (Å²) >= 11 is 6.58. The number of hydrogen-bond donors (Lipinski definition) is 1. The van der Waals surface area contributed by atoms with Crippen molar-refractivity contribution in [1.29, 1.82) is 5.41 Å². The summed E-state index contributed by atoms with van der Waals surface area (Å²) in [4.78, 5) is 12.0. The molecule has 1 aliphatic carbocycles. The number of rotatable bonds is 8. The average Bonchev–Trinajstić information content (AvgIpc) is 3.54. The maximum absolute atomic E-state index is 12.0. The van der Waals surface area contributed by atoms with E-state index in [2.05, 4.69) is 25.9 Å². The summed E-state index contributed by atoms with van der Waals surface area (Å²) in [5.41, 5.74) is 3.80. The van der Waals surface area contributed by atoms with Crippen molar-refractivity contribution < 1.29 is 14.3 Å². The van der Waals surface area contributed by atoms with Gasteiger partial charge in [-0.2, -0.15) is 5.10 Å². The summed E-state index contributed by atoms with van der Waals surface area (Å²) < 4.78 is 13.0. The van der Waals surface area contributed by atoms with Crippen molar-refractivity contribution in [3.05, 3.63) is 51.8 Å². The van der Waals surface area contributed by atoms with Crippen LogP contribution in [-0.4, -0.2) is 28.8 Å². The fraction of sp³-hybridized carbons (Fsp3) is 0.458. The molecule has 1 aliphatic rings. The van der Waals surface area contributed by atoms with E-state index in [-0.39, 0.29) is 24.1 Å². The highest BCUT2D eigenvalue weighted by molar-refractivity contribution is 6.33. The van der Waals surface area contributed by atoms with Gasteiger partial charge >= 0.3 is 5.97 Å². The van der Waals surface area contributed by atoms with E-state index >= 15 is 0 Å². The van der Waals surface area contributed by atoms with Crippen molar-refractivity contribution in [3.8, 4) is 0 Å². The zero-order chi connectivity index (χ0) is 22.8. The third kappa shape index (κ3) is 5.18. The van der Waals surface area contributed by atoms with Crippen molar-refractivity contribution >= 4 is 35.1 Å². The molecule has 0 atom stereocenters. The van der Waals surface area contributed by atoms with Gasteiger partial charge in [-0.15, -0.1) is 0 Å². The number of nitrogens with zero attached hydrogens (tertiary/aromatic N) is 2. The second-order valence-corrected chi connectivity index (χ2v) is 9.16. The fourth-order valence-corrected chi connectivity index (χ4v) is 3.51. The molecule has 0 bridgehead atoms. The number of aryl methyl sites for hydroxylation is 2. The van der Waals surface area contributed by atoms with Gasteiger partial charge in [-0.05, 0) is 43.2 Å². The first-order valence-electron chi connectivity index (χ1n) is 10.6. The van der Waals surface area contributed by atoms with Crippen molar-refractivity contribution in [1.82, 2.24) is 9.78 Å². The van der Waals surface area contributed by atoms with E-state index in [0.29, 0.717) is 34.3 Å². The summed E-state index contributed by atoms with van der Waals surface area (Å²) in [6.07, 6.45) is 2.96. The SMILES string of the molecule is CCn1nc(C)c(Cl)c1/C(OCOC(=O)C1CC1)=C(\C=N)c1ccc(C(C)(C)C)cc1. The quantitative estimate of drug-likeness (QED) is 0.249. The molecule has 0 saturated heterocycles. The van der Waals surface area contributed by atoms with Gasteiger partial charge < -0.3 is 14.9 Å². The number of halogens is 1. The first-order chi connectivity index (χ1) is 14.7. The third-order valence-corrected chi connectivity index (χ3v) is 5.79. The van der Waals surface area contributed by atoms with E-state index in [4.69, 9.17) is 26.5 Å². The minimum absolute atomic E-state index is 0.0183. The van der Waals surface area contributed by atoms with Gasteiger partial charge in [-0.25, -0.2) is 0 Å². The Morgan fingerprint density at radius 3 is 2.42 bits per heavy atom. The Kier molecular flexibility index (Phi) is 6.90. The summed E-state index contributed by atoms with van der Waals surface area (Å²) in [7, 11) is 0. The van der Waals surface area contributed by atoms with Crippen LogP contribution in [0, 0.1) is 18.3 Å². The predicted octanol–water partition coefficient (Wildman–Crippen LogP) is 5.61. The van der Waals surface area contributed by atoms with Crippen LogP contribution in [0.4, 0.5) is 0 Å². The van der Waals surface area contributed by atoms with E-state index in [1.54, 1.807) is 4.68 Å². The van der Waals surface area contributed by atoms with Gasteiger partial charge in [0, 0.05) is 18.3 Å². The number of esters is 1. The Hall–Kier alpha value is -2.60. The summed E-state index contributed by atoms with van der Waals surface area (Å²) in [6, 6.07) is 8.03. The molecule has 0 amide bonds. The first kappa shape index (κ1) is 23.1. The monoisotopic (exact) mass is 443 g/mol. The molecule has 1 N–H and O–H groups in total. The second kappa shape index (κ2) is 9.27. The lowest BCUT2D eigenvalue weighted by Crippen LogP contribution is -2.13. The zero-order valence-electron chi connectivity index (χ0n) is 18.8. The van der Waals surface area contributed by atoms with E-state index in [0.717, 1.165) is 18.4 Å². The van der Waals surface area contributed by atoms with Crippen LogP contribution in [0.2, 0.25) is 5.02 Å². The normalized spacial score (nSPS) is 14.8. The lowest BCUT2D eigenvalue weighted by molar-refractivity contribution is -0.153. The number of allylic oxidation sites excluding steroid dienone is 1. The van der Waals surface area contributed by atoms with Crippen LogP contribution in [0.5, 0.6) is 0 Å². The Labute approximate surface area is 188 Å². The molecule has 3 rings (SSSR count). The average molecular weight is 444 g/mol. The molecule has 0 spiro atoms. The molecule has 1 fully saturated rings. The molecular weight excluding hydrogens is 414 g/mol. The van der Waals surface area contributed by atoms with Crippen LogP contribution in [-0.2, 0) is 26.2 Å². The van der Waals surface area contributed by atoms with Gasteiger partial charge in [0.05, 0.1) is 16.6 Å². The molecule has 1 saturated carbocycles. The van der Waals surface area contributed by atoms with E-state index in [1.165, 1.54) is 11.8 Å². The number of benzene rings is 1. The Balaban J connectivity index is 2.04. The van der Waals surface area contributed by atoms with Crippen LogP contribution in [0.25, 0.3) is 11.3 Å². The molecule has 0 unspecified atom stereocenters. The Morgan fingerprint density at radius 1 is 1.26 bits per heavy atom. The Morgan fingerprint density at radius 2 is 1.90 bits per heavy atom. The number of ether oxygens (including phenoxy) is 2. The lowest BCUT2D eigenvalue weighted by Gasteiger charge is -2.20. The van der Waals surface area contributed by atoms with Gasteiger partial charge in [0.25, 0.3) is 0 Å². The standard InChI is InChI=1S/C24H30ClN3O3/c1-6-28-21(20(25)15(2)27-28)22(30-14-31-23(29)17-7-8-17)19(13-26)16-9-11-18(12-10-16)24(3,4)5/h9-13,17,26H,6-8,14H2,1-5H3/b22-19-,26-13?. The van der Waals surface area contributed by atoms with Crippen molar-refractivity contribution in [2.24, 2.45) is 5.92 Å². The number of hydrogen-bond acceptors (Lipinski definition) is 5. The smallest absolute Gasteiger partial charge is 0.311 e. The molecule has 1 aromatic heterocycles. The summed E-state index contributed by atoms with van der Waals surface area (Å²) in [5, 5.41) is 13.0. The number of aromatic nitrogens is 2. The molecule has 166 valence electrons. The minimum Gasteiger partial charge on any atom is -0.454 e. The minimum atomic E-state index is -0.253. The fourth-order valence-electron chi connectivity index (χ4n) is 3.29. The molecule has 0 radical (unpaired) electrons. The molecule has 6 nitrogen and oxygen atoms in total. The van der Waals surface area contributed by atoms with Crippen LogP contribution in [0.1, 0.15) is 63.1 Å². The zero-order valence-corrected chi connectivity index (χ0v) is 19.5. The molecule has 31 heavy (non-hydrogen) atoms. The number of carbonyl (C=O) groups excluding carboxylic acids is 1. The van der Waals surface area contributed by atoms with Crippen LogP contribution >= 0.6 is 11.6 Å². The van der Waals surface area contributed by atoms with Crippen LogP contribution < -0.4 is 0 Å². The molecule has 0 aliphatic heterocycles. The number of carbonyl (C=O) groups is 1. The molecule has 1 heterocycles. The van der Waals surface area contributed by atoms with Gasteiger partial charge in [-0.3, -0.25) is 9.48 Å². The van der Waals surface area contributed by atoms with Crippen LogP contribution in [0.3, 0.4) is 0 Å². The van der Waals surface area contributed by atoms with Gasteiger partial charge in [-0.1, -0.05) is 56.6 Å². The van der Waals surface area contributed by atoms with Gasteiger partial charge in [0.15, 0.2) is 5.76 Å². The van der Waals surface area contributed by atoms with Crippen molar-refractivity contribution in [3.63, 3.8) is 0 Å². The Bertz CT molecular complexity index is 996. The molecule has 2 aromatic rings. The summed E-state index contributed by atoms with van der Waals surface area (Å²) in [6.45, 7) is 10.6. The van der Waals surface area contributed by atoms with E-state index in [9.17, 15) is 4.79 Å². The van der Waals surface area contributed by atoms with Crippen molar-refractivity contribution in [2.45, 2.75) is 59.4 Å². The second-order valence-electron chi connectivity index (χ2n) is 8.78. The van der Waals surface area contributed by atoms with Crippen LogP contribution in [0.15, 0.2) is 24.3 Å². The maximum atomic E-state index is 12.0. The highest BCUT2D eigenvalue weighted by Gasteiger charge is 2.31. The molecular formula is C24H30ClN3O3. The maximum Gasteiger partial charge on any atom is 0.311 e. The van der Waals surface area contributed by atoms with E-state index in [1.807, 2.05) is 38.1 Å². The van der Waals surface area contributed by atoms with Gasteiger partial charge in [0.2, 0.25) is 6.79 Å². The molecule has 7 heteroatoms. The largest absolute Gasteiger partial charge is 0.454 e. The van der Waals surface area contributed by atoms with Crippen molar-refractivity contribution in [2.75, 3.05) is 6.79 Å². The third-order valence-electron chi connectivity index (χ3n) is 5.34. The predicted molar refractivity (Wildman–Crippen MR) is 123 cm³/mol. The lowest BCUT2D eigenvalue weighted by atomic mass is 9.86. The highest BCUT2D eigenvalue weighted by atomic mass is 35.5. The first-order valence-corrected chi connectivity index (χ1v) is 10.9. The topological polar surface area (TPSA) is 77.2 Å². The van der Waals surface area contributed by atoms with Gasteiger partial charge in [0.1, 0.15) is 5.69 Å². The van der Waals surface area contributed by atoms with E-state index < -0.39 is 0 Å². The summed E-state index contributed by atoms with van der Waals surface area (Å²) in [5.74, 6) is 0.0984. The highest BCUT2D eigenvalue weighted by Crippen LogP contribution is 2.34. The number of nitrogens with one attached hydrogen (secondary N) is 1.